The molecule has 8 heteroatoms. The van der Waals surface area contributed by atoms with Gasteiger partial charge in [0.15, 0.2) is 5.82 Å². The van der Waals surface area contributed by atoms with Crippen LogP contribution in [0.3, 0.4) is 0 Å². The number of benzene rings is 1. The number of hydrazine groups is 1. The summed E-state index contributed by atoms with van der Waals surface area (Å²) in [6.07, 6.45) is 4.89. The number of para-hydroxylation sites is 1. The zero-order chi connectivity index (χ0) is 17.2. The zero-order valence-electron chi connectivity index (χ0n) is 14.0. The summed E-state index contributed by atoms with van der Waals surface area (Å²) in [7, 11) is 0. The van der Waals surface area contributed by atoms with Gasteiger partial charge in [0.2, 0.25) is 0 Å². The quantitative estimate of drug-likeness (QED) is 0.738. The van der Waals surface area contributed by atoms with Gasteiger partial charge in [0.05, 0.1) is 11.2 Å². The molecule has 0 radical (unpaired) electrons. The van der Waals surface area contributed by atoms with Crippen LogP contribution < -0.4 is 16.6 Å². The molecule has 0 unspecified atom stereocenters. The molecule has 1 aliphatic rings. The van der Waals surface area contributed by atoms with E-state index in [2.05, 4.69) is 26.4 Å². The molecule has 24 heavy (non-hydrogen) atoms. The first kappa shape index (κ1) is 16.4. The number of tetrazole rings is 1. The Bertz CT molecular complexity index is 714. The molecular formula is C16H23N7O. The second-order valence-electron chi connectivity index (χ2n) is 6.41. The summed E-state index contributed by atoms with van der Waals surface area (Å²) in [5, 5.41) is 12.4. The highest BCUT2D eigenvalue weighted by atomic mass is 16.2. The molecule has 0 aliphatic heterocycles. The minimum atomic E-state index is -0.619. The van der Waals surface area contributed by atoms with Crippen molar-refractivity contribution < 1.29 is 4.79 Å². The van der Waals surface area contributed by atoms with E-state index < -0.39 is 11.6 Å². The van der Waals surface area contributed by atoms with Gasteiger partial charge in [0.1, 0.15) is 0 Å². The fourth-order valence-corrected chi connectivity index (χ4v) is 3.52. The Morgan fingerprint density at radius 3 is 2.50 bits per heavy atom. The van der Waals surface area contributed by atoms with Crippen molar-refractivity contribution in [2.75, 3.05) is 0 Å². The molecule has 1 saturated carbocycles. The lowest BCUT2D eigenvalue weighted by molar-refractivity contribution is 0.185. The van der Waals surface area contributed by atoms with Crippen molar-refractivity contribution in [3.05, 3.63) is 35.2 Å². The summed E-state index contributed by atoms with van der Waals surface area (Å²) in [6, 6.07) is 5.47. The van der Waals surface area contributed by atoms with E-state index in [9.17, 15) is 4.79 Å². The molecule has 0 spiro atoms. The van der Waals surface area contributed by atoms with Crippen LogP contribution in [0.1, 0.15) is 49.1 Å². The number of carbonyl (C=O) groups is 1. The van der Waals surface area contributed by atoms with Crippen LogP contribution in [-0.2, 0) is 5.54 Å². The molecule has 1 aromatic heterocycles. The molecule has 3 rings (SSSR count). The van der Waals surface area contributed by atoms with Crippen molar-refractivity contribution in [2.24, 2.45) is 5.73 Å². The Morgan fingerprint density at radius 2 is 1.88 bits per heavy atom. The van der Waals surface area contributed by atoms with Crippen molar-refractivity contribution >= 4 is 6.03 Å². The van der Waals surface area contributed by atoms with Crippen molar-refractivity contribution in [3.8, 4) is 5.69 Å². The van der Waals surface area contributed by atoms with Gasteiger partial charge in [-0.2, -0.15) is 4.68 Å². The fourth-order valence-electron chi connectivity index (χ4n) is 3.52. The predicted molar refractivity (Wildman–Crippen MR) is 89.2 cm³/mol. The third-order valence-electron chi connectivity index (χ3n) is 4.68. The van der Waals surface area contributed by atoms with Gasteiger partial charge in [-0.1, -0.05) is 37.5 Å². The third kappa shape index (κ3) is 2.96. The Balaban J connectivity index is 2.07. The maximum atomic E-state index is 11.2. The predicted octanol–water partition coefficient (Wildman–Crippen LogP) is 1.61. The average Bonchev–Trinajstić information content (AvgIpc) is 3.04. The first-order valence-electron chi connectivity index (χ1n) is 8.21. The molecule has 1 fully saturated rings. The summed E-state index contributed by atoms with van der Waals surface area (Å²) in [5.41, 5.74) is 13.5. The fraction of sp³-hybridized carbons (Fsp3) is 0.500. The standard InChI is InChI=1S/C16H23N7O/c1-11-7-6-8-12(2)13(11)23-14(18-21-22-23)16(20-19-15(17)24)9-4-3-5-10-16/h6-8,20H,3-5,9-10H2,1-2H3,(H3,17,19,24). The van der Waals surface area contributed by atoms with Gasteiger partial charge in [-0.05, 0) is 48.2 Å². The third-order valence-corrected chi connectivity index (χ3v) is 4.68. The number of rotatable bonds is 4. The van der Waals surface area contributed by atoms with Crippen LogP contribution in [0, 0.1) is 13.8 Å². The normalized spacial score (nSPS) is 16.8. The van der Waals surface area contributed by atoms with E-state index in [1.54, 1.807) is 4.68 Å². The number of primary amides is 1. The van der Waals surface area contributed by atoms with Crippen LogP contribution in [-0.4, -0.2) is 26.2 Å². The molecule has 1 aromatic carbocycles. The van der Waals surface area contributed by atoms with Crippen LogP contribution in [0.4, 0.5) is 4.79 Å². The number of amides is 2. The molecule has 2 aromatic rings. The van der Waals surface area contributed by atoms with Crippen molar-refractivity contribution in [3.63, 3.8) is 0 Å². The highest BCUT2D eigenvalue weighted by Crippen LogP contribution is 2.36. The molecular weight excluding hydrogens is 306 g/mol. The Kier molecular flexibility index (Phi) is 4.48. The number of nitrogens with zero attached hydrogens (tertiary/aromatic N) is 4. The van der Waals surface area contributed by atoms with Crippen LogP contribution in [0.15, 0.2) is 18.2 Å². The van der Waals surface area contributed by atoms with E-state index >= 15 is 0 Å². The SMILES string of the molecule is Cc1cccc(C)c1-n1nnnc1C1(NNC(N)=O)CCCCC1. The van der Waals surface area contributed by atoms with Gasteiger partial charge in [0.25, 0.3) is 0 Å². The number of aromatic nitrogens is 4. The molecule has 0 saturated heterocycles. The van der Waals surface area contributed by atoms with Gasteiger partial charge in [-0.25, -0.2) is 10.2 Å². The Morgan fingerprint density at radius 1 is 1.21 bits per heavy atom. The highest BCUT2D eigenvalue weighted by Gasteiger charge is 2.39. The number of urea groups is 1. The average molecular weight is 329 g/mol. The largest absolute Gasteiger partial charge is 0.351 e. The monoisotopic (exact) mass is 329 g/mol. The number of hydrogen-bond acceptors (Lipinski definition) is 5. The molecule has 8 nitrogen and oxygen atoms in total. The maximum Gasteiger partial charge on any atom is 0.326 e. The van der Waals surface area contributed by atoms with E-state index in [0.29, 0.717) is 5.82 Å². The van der Waals surface area contributed by atoms with E-state index in [1.165, 1.54) is 0 Å². The van der Waals surface area contributed by atoms with Gasteiger partial charge in [-0.3, -0.25) is 5.43 Å². The van der Waals surface area contributed by atoms with E-state index in [1.807, 2.05) is 32.0 Å². The number of carbonyl (C=O) groups excluding carboxylic acids is 1. The second-order valence-corrected chi connectivity index (χ2v) is 6.41. The Labute approximate surface area is 140 Å². The van der Waals surface area contributed by atoms with Gasteiger partial charge in [0, 0.05) is 0 Å². The first-order chi connectivity index (χ1) is 11.5. The topological polar surface area (TPSA) is 111 Å². The zero-order valence-corrected chi connectivity index (χ0v) is 14.0. The van der Waals surface area contributed by atoms with Crippen LogP contribution in [0.25, 0.3) is 5.69 Å². The maximum absolute atomic E-state index is 11.2. The molecule has 0 bridgehead atoms. The lowest BCUT2D eigenvalue weighted by atomic mass is 9.81. The van der Waals surface area contributed by atoms with Crippen molar-refractivity contribution in [1.82, 2.24) is 31.1 Å². The second kappa shape index (κ2) is 6.56. The summed E-state index contributed by atoms with van der Waals surface area (Å²) >= 11 is 0. The summed E-state index contributed by atoms with van der Waals surface area (Å²) in [5.74, 6) is 0.702. The molecule has 1 heterocycles. The molecule has 0 atom stereocenters. The minimum Gasteiger partial charge on any atom is -0.351 e. The van der Waals surface area contributed by atoms with Crippen molar-refractivity contribution in [2.45, 2.75) is 51.5 Å². The summed E-state index contributed by atoms with van der Waals surface area (Å²) in [6.45, 7) is 4.08. The van der Waals surface area contributed by atoms with Crippen LogP contribution in [0.2, 0.25) is 0 Å². The van der Waals surface area contributed by atoms with E-state index in [0.717, 1.165) is 48.9 Å². The molecule has 1 aliphatic carbocycles. The van der Waals surface area contributed by atoms with Gasteiger partial charge in [-0.15, -0.1) is 5.10 Å². The number of nitrogens with two attached hydrogens (primary N) is 1. The highest BCUT2D eigenvalue weighted by molar-refractivity contribution is 5.71. The van der Waals surface area contributed by atoms with Crippen LogP contribution >= 0.6 is 0 Å². The lowest BCUT2D eigenvalue weighted by Crippen LogP contribution is -2.55. The van der Waals surface area contributed by atoms with Crippen molar-refractivity contribution in [1.29, 1.82) is 0 Å². The lowest BCUT2D eigenvalue weighted by Gasteiger charge is -2.36. The molecule has 4 N–H and O–H groups in total. The van der Waals surface area contributed by atoms with E-state index in [4.69, 9.17) is 5.73 Å². The number of hydrogen-bond donors (Lipinski definition) is 3. The Hall–Kier alpha value is -2.48. The molecule has 2 amide bonds. The number of aryl methyl sites for hydroxylation is 2. The smallest absolute Gasteiger partial charge is 0.326 e. The van der Waals surface area contributed by atoms with Crippen LogP contribution in [0.5, 0.6) is 0 Å². The van der Waals surface area contributed by atoms with E-state index in [-0.39, 0.29) is 0 Å². The minimum absolute atomic E-state index is 0.522. The van der Waals surface area contributed by atoms with Gasteiger partial charge >= 0.3 is 6.03 Å². The molecule has 128 valence electrons. The summed E-state index contributed by atoms with van der Waals surface area (Å²) < 4.78 is 1.78. The first-order valence-corrected chi connectivity index (χ1v) is 8.21. The summed E-state index contributed by atoms with van der Waals surface area (Å²) in [4.78, 5) is 11.2. The number of nitrogens with one attached hydrogen (secondary N) is 2. The van der Waals surface area contributed by atoms with Gasteiger partial charge < -0.3 is 5.73 Å².